The molecular weight excluding hydrogens is 371 g/mol. The largest absolute Gasteiger partial charge is 0.448 e. The lowest BCUT2D eigenvalue weighted by atomic mass is 10.2. The first-order valence-corrected chi connectivity index (χ1v) is 8.74. The fraction of sp³-hybridized carbons (Fsp3) is 0.312. The van der Waals surface area contributed by atoms with Crippen LogP contribution in [0.25, 0.3) is 10.1 Å². The van der Waals surface area contributed by atoms with Gasteiger partial charge in [0.05, 0.1) is 5.02 Å². The molecule has 1 aromatic heterocycles. The van der Waals surface area contributed by atoms with Crippen LogP contribution in [0.4, 0.5) is 9.18 Å². The van der Waals surface area contributed by atoms with Gasteiger partial charge in [-0.2, -0.15) is 0 Å². The number of nitrogens with one attached hydrogen (secondary N) is 2. The van der Waals surface area contributed by atoms with Crippen LogP contribution < -0.4 is 10.6 Å². The number of hydrogen-bond acceptors (Lipinski definition) is 5. The number of ether oxygens (including phenoxy) is 1. The number of rotatable bonds is 4. The summed E-state index contributed by atoms with van der Waals surface area (Å²) in [5, 5.41) is 5.37. The van der Waals surface area contributed by atoms with E-state index in [1.165, 1.54) is 25.1 Å². The lowest BCUT2D eigenvalue weighted by molar-refractivity contribution is -0.127. The number of esters is 1. The van der Waals surface area contributed by atoms with Gasteiger partial charge in [0, 0.05) is 16.1 Å². The van der Waals surface area contributed by atoms with Gasteiger partial charge in [-0.3, -0.25) is 10.1 Å². The molecule has 1 aliphatic carbocycles. The van der Waals surface area contributed by atoms with Gasteiger partial charge in [-0.15, -0.1) is 11.3 Å². The van der Waals surface area contributed by atoms with E-state index < -0.39 is 29.8 Å². The van der Waals surface area contributed by atoms with Crippen molar-refractivity contribution in [3.05, 3.63) is 33.9 Å². The molecule has 1 aliphatic rings. The van der Waals surface area contributed by atoms with E-state index in [0.29, 0.717) is 10.1 Å². The highest BCUT2D eigenvalue weighted by molar-refractivity contribution is 7.21. The molecule has 9 heteroatoms. The number of halogens is 2. The quantitative estimate of drug-likeness (QED) is 0.792. The summed E-state index contributed by atoms with van der Waals surface area (Å²) in [6, 6.07) is 3.46. The van der Waals surface area contributed by atoms with E-state index in [-0.39, 0.29) is 15.9 Å². The molecule has 1 fully saturated rings. The smallest absolute Gasteiger partial charge is 0.350 e. The first-order valence-electron chi connectivity index (χ1n) is 7.55. The maximum absolute atomic E-state index is 13.3. The average molecular weight is 385 g/mol. The van der Waals surface area contributed by atoms with E-state index in [4.69, 9.17) is 16.3 Å². The second kappa shape index (κ2) is 6.97. The molecule has 25 heavy (non-hydrogen) atoms. The minimum atomic E-state index is -1.18. The van der Waals surface area contributed by atoms with Gasteiger partial charge in [0.1, 0.15) is 10.7 Å². The molecule has 0 saturated heterocycles. The van der Waals surface area contributed by atoms with Gasteiger partial charge in [-0.05, 0) is 38.0 Å². The van der Waals surface area contributed by atoms with Crippen LogP contribution in [0.5, 0.6) is 0 Å². The third kappa shape index (κ3) is 4.08. The number of thiophene rings is 1. The Hall–Kier alpha value is -2.19. The Morgan fingerprint density at radius 1 is 1.36 bits per heavy atom. The van der Waals surface area contributed by atoms with E-state index in [1.807, 2.05) is 0 Å². The fourth-order valence-electron chi connectivity index (χ4n) is 2.10. The molecule has 1 saturated carbocycles. The summed E-state index contributed by atoms with van der Waals surface area (Å²) < 4.78 is 18.8. The molecule has 0 radical (unpaired) electrons. The van der Waals surface area contributed by atoms with Crippen molar-refractivity contribution < 1.29 is 23.5 Å². The normalized spacial score (nSPS) is 14.8. The Balaban J connectivity index is 1.65. The Labute approximate surface area is 151 Å². The number of urea groups is 1. The highest BCUT2D eigenvalue weighted by Crippen LogP contribution is 2.36. The maximum Gasteiger partial charge on any atom is 0.350 e. The van der Waals surface area contributed by atoms with E-state index in [2.05, 4.69) is 10.6 Å². The van der Waals surface area contributed by atoms with Crippen LogP contribution in [-0.2, 0) is 9.53 Å². The zero-order valence-corrected chi connectivity index (χ0v) is 14.7. The van der Waals surface area contributed by atoms with Gasteiger partial charge in [-0.1, -0.05) is 11.6 Å². The number of imide groups is 1. The molecular formula is C16H14ClFN2O4S. The summed E-state index contributed by atoms with van der Waals surface area (Å²) in [5.41, 5.74) is 0. The van der Waals surface area contributed by atoms with Gasteiger partial charge < -0.3 is 10.1 Å². The van der Waals surface area contributed by atoms with Crippen LogP contribution in [0.2, 0.25) is 5.02 Å². The lowest BCUT2D eigenvalue weighted by Gasteiger charge is -2.12. The molecule has 132 valence electrons. The van der Waals surface area contributed by atoms with Crippen molar-refractivity contribution in [3.63, 3.8) is 0 Å². The molecule has 1 aromatic carbocycles. The maximum atomic E-state index is 13.3. The van der Waals surface area contributed by atoms with Crippen molar-refractivity contribution in [2.24, 2.45) is 0 Å². The van der Waals surface area contributed by atoms with Crippen molar-refractivity contribution >= 4 is 50.9 Å². The number of benzene rings is 1. The van der Waals surface area contributed by atoms with Crippen molar-refractivity contribution in [1.82, 2.24) is 10.6 Å². The van der Waals surface area contributed by atoms with Crippen molar-refractivity contribution in [3.8, 4) is 0 Å². The minimum Gasteiger partial charge on any atom is -0.448 e. The van der Waals surface area contributed by atoms with Gasteiger partial charge >= 0.3 is 12.0 Å². The van der Waals surface area contributed by atoms with E-state index in [9.17, 15) is 18.8 Å². The Morgan fingerprint density at radius 2 is 2.08 bits per heavy atom. The molecule has 3 rings (SSSR count). The Morgan fingerprint density at radius 3 is 2.76 bits per heavy atom. The Bertz CT molecular complexity index is 865. The molecule has 2 N–H and O–H groups in total. The molecule has 1 unspecified atom stereocenters. The standard InChI is InChI=1S/C16H14ClFN2O4S/c1-7(14(21)20-16(23)19-9-3-4-9)24-15(22)13-12(17)10-5-2-8(18)6-11(10)25-13/h2,5-7,9H,3-4H2,1H3,(H2,19,20,21,23). The predicted octanol–water partition coefficient (Wildman–Crippen LogP) is 3.23. The van der Waals surface area contributed by atoms with Crippen molar-refractivity contribution in [2.75, 3.05) is 0 Å². The Kier molecular flexibility index (Phi) is 4.91. The SMILES string of the molecule is CC(OC(=O)c1sc2cc(F)ccc2c1Cl)C(=O)NC(=O)NC1CC1. The summed E-state index contributed by atoms with van der Waals surface area (Å²) in [5.74, 6) is -1.99. The molecule has 0 spiro atoms. The number of carbonyl (C=O) groups excluding carboxylic acids is 3. The molecule has 6 nitrogen and oxygen atoms in total. The van der Waals surface area contributed by atoms with Crippen molar-refractivity contribution in [2.45, 2.75) is 31.9 Å². The molecule has 1 atom stereocenters. The van der Waals surface area contributed by atoms with E-state index >= 15 is 0 Å². The van der Waals surface area contributed by atoms with Gasteiger partial charge in [-0.25, -0.2) is 14.0 Å². The lowest BCUT2D eigenvalue weighted by Crippen LogP contribution is -2.45. The topological polar surface area (TPSA) is 84.5 Å². The predicted molar refractivity (Wildman–Crippen MR) is 91.4 cm³/mol. The minimum absolute atomic E-state index is 0.0735. The van der Waals surface area contributed by atoms with Crippen LogP contribution >= 0.6 is 22.9 Å². The molecule has 3 amide bonds. The average Bonchev–Trinajstić information content (AvgIpc) is 3.29. The third-order valence-corrected chi connectivity index (χ3v) is 5.22. The first-order chi connectivity index (χ1) is 11.8. The zero-order valence-electron chi connectivity index (χ0n) is 13.1. The third-order valence-electron chi connectivity index (χ3n) is 3.58. The highest BCUT2D eigenvalue weighted by Gasteiger charge is 2.27. The second-order valence-electron chi connectivity index (χ2n) is 5.67. The number of carbonyl (C=O) groups is 3. The number of fused-ring (bicyclic) bond motifs is 1. The van der Waals surface area contributed by atoms with E-state index in [1.54, 1.807) is 0 Å². The van der Waals surface area contributed by atoms with Gasteiger partial charge in [0.15, 0.2) is 6.10 Å². The summed E-state index contributed by atoms with van der Waals surface area (Å²) in [4.78, 5) is 35.7. The van der Waals surface area contributed by atoms with Crippen LogP contribution in [0.15, 0.2) is 18.2 Å². The van der Waals surface area contributed by atoms with Gasteiger partial charge in [0.2, 0.25) is 0 Å². The summed E-state index contributed by atoms with van der Waals surface area (Å²) >= 11 is 7.11. The molecule has 2 aromatic rings. The van der Waals surface area contributed by atoms with Crippen LogP contribution in [-0.4, -0.2) is 30.1 Å². The molecule has 1 heterocycles. The van der Waals surface area contributed by atoms with Crippen LogP contribution in [0.3, 0.4) is 0 Å². The fourth-order valence-corrected chi connectivity index (χ4v) is 3.52. The van der Waals surface area contributed by atoms with Crippen LogP contribution in [0, 0.1) is 5.82 Å². The van der Waals surface area contributed by atoms with Crippen molar-refractivity contribution in [1.29, 1.82) is 0 Å². The summed E-state index contributed by atoms with van der Waals surface area (Å²) in [6.45, 7) is 1.35. The zero-order chi connectivity index (χ0) is 18.1. The highest BCUT2D eigenvalue weighted by atomic mass is 35.5. The number of amides is 3. The van der Waals surface area contributed by atoms with Gasteiger partial charge in [0.25, 0.3) is 5.91 Å². The monoisotopic (exact) mass is 384 g/mol. The van der Waals surface area contributed by atoms with E-state index in [0.717, 1.165) is 24.2 Å². The summed E-state index contributed by atoms with van der Waals surface area (Å²) in [7, 11) is 0. The first kappa shape index (κ1) is 17.6. The molecule has 0 aliphatic heterocycles. The number of hydrogen-bond donors (Lipinski definition) is 2. The second-order valence-corrected chi connectivity index (χ2v) is 7.10. The molecule has 0 bridgehead atoms. The van der Waals surface area contributed by atoms with Crippen LogP contribution in [0.1, 0.15) is 29.4 Å². The summed E-state index contributed by atoms with van der Waals surface area (Å²) in [6.07, 6.45) is 0.587.